The van der Waals surface area contributed by atoms with E-state index in [-0.39, 0.29) is 11.4 Å². The van der Waals surface area contributed by atoms with Gasteiger partial charge in [0.05, 0.1) is 7.11 Å². The molecule has 0 radical (unpaired) electrons. The summed E-state index contributed by atoms with van der Waals surface area (Å²) in [7, 11) is 1.27. The van der Waals surface area contributed by atoms with Gasteiger partial charge in [-0.1, -0.05) is 0 Å². The maximum Gasteiger partial charge on any atom is 0.341 e. The van der Waals surface area contributed by atoms with Gasteiger partial charge in [-0.05, 0) is 44.5 Å². The van der Waals surface area contributed by atoms with Gasteiger partial charge in [-0.25, -0.2) is 4.79 Å². The van der Waals surface area contributed by atoms with E-state index < -0.39 is 5.97 Å². The number of carbonyl (C=O) groups is 2. The van der Waals surface area contributed by atoms with Crippen molar-refractivity contribution in [1.82, 2.24) is 4.90 Å². The molecular formula is C13H19NO3. The van der Waals surface area contributed by atoms with Gasteiger partial charge >= 0.3 is 5.97 Å². The van der Waals surface area contributed by atoms with E-state index in [0.29, 0.717) is 0 Å². The summed E-state index contributed by atoms with van der Waals surface area (Å²) in [5, 5.41) is 0. The van der Waals surface area contributed by atoms with E-state index in [1.165, 1.54) is 39.4 Å². The third-order valence-corrected chi connectivity index (χ3v) is 2.74. The maximum atomic E-state index is 11.3. The Labute approximate surface area is 102 Å². The molecule has 1 fully saturated rings. The minimum Gasteiger partial charge on any atom is -0.465 e. The van der Waals surface area contributed by atoms with Crippen LogP contribution in [0.3, 0.4) is 0 Å². The largest absolute Gasteiger partial charge is 0.465 e. The Morgan fingerprint density at radius 2 is 1.82 bits per heavy atom. The van der Waals surface area contributed by atoms with Crippen LogP contribution in [0, 0.1) is 0 Å². The predicted molar refractivity (Wildman–Crippen MR) is 65.3 cm³/mol. The molecule has 1 rings (SSSR count). The van der Waals surface area contributed by atoms with Crippen molar-refractivity contribution in [3.63, 3.8) is 0 Å². The van der Waals surface area contributed by atoms with E-state index in [4.69, 9.17) is 0 Å². The highest BCUT2D eigenvalue weighted by Gasteiger charge is 2.13. The zero-order valence-corrected chi connectivity index (χ0v) is 10.4. The smallest absolute Gasteiger partial charge is 0.341 e. The molecule has 94 valence electrons. The quantitative estimate of drug-likeness (QED) is 0.245. The number of piperidine rings is 1. The first kappa shape index (κ1) is 13.5. The number of carbonyl (C=O) groups excluding carboxylic acids is 2. The van der Waals surface area contributed by atoms with Crippen molar-refractivity contribution in [2.75, 3.05) is 20.2 Å². The number of ketones is 1. The van der Waals surface area contributed by atoms with Gasteiger partial charge in [0, 0.05) is 13.1 Å². The molecule has 0 unspecified atom stereocenters. The first-order valence-electron chi connectivity index (χ1n) is 5.87. The lowest BCUT2D eigenvalue weighted by atomic mass is 10.1. The van der Waals surface area contributed by atoms with Crippen LogP contribution in [0.4, 0.5) is 0 Å². The van der Waals surface area contributed by atoms with Crippen molar-refractivity contribution < 1.29 is 14.3 Å². The molecule has 0 amide bonds. The van der Waals surface area contributed by atoms with Gasteiger partial charge in [0.25, 0.3) is 0 Å². The Morgan fingerprint density at radius 1 is 1.18 bits per heavy atom. The lowest BCUT2D eigenvalue weighted by molar-refractivity contribution is -0.137. The minimum atomic E-state index is -0.583. The van der Waals surface area contributed by atoms with Crippen LogP contribution < -0.4 is 0 Å². The van der Waals surface area contributed by atoms with E-state index in [1.807, 2.05) is 6.20 Å². The summed E-state index contributed by atoms with van der Waals surface area (Å²) in [6, 6.07) is 0. The monoisotopic (exact) mass is 237 g/mol. The zero-order valence-electron chi connectivity index (χ0n) is 10.4. The third kappa shape index (κ3) is 4.43. The van der Waals surface area contributed by atoms with Crippen LogP contribution in [0.2, 0.25) is 0 Å². The maximum absolute atomic E-state index is 11.3. The van der Waals surface area contributed by atoms with Crippen molar-refractivity contribution in [3.8, 4) is 0 Å². The molecule has 0 aromatic carbocycles. The molecule has 0 bridgehead atoms. The number of ether oxygens (including phenoxy) is 1. The van der Waals surface area contributed by atoms with Crippen LogP contribution in [0.1, 0.15) is 26.2 Å². The lowest BCUT2D eigenvalue weighted by Gasteiger charge is -2.24. The second kappa shape index (κ2) is 6.89. The SMILES string of the molecule is COC(=O)/C(=C/C=C/N1CCCCC1)C(C)=O. The first-order valence-corrected chi connectivity index (χ1v) is 5.87. The molecule has 4 heteroatoms. The highest BCUT2D eigenvalue weighted by atomic mass is 16.5. The molecule has 0 aliphatic carbocycles. The van der Waals surface area contributed by atoms with Gasteiger partial charge < -0.3 is 9.64 Å². The molecule has 0 spiro atoms. The predicted octanol–water partition coefficient (Wildman–Crippen LogP) is 1.67. The Hall–Kier alpha value is -1.58. The molecule has 0 atom stereocenters. The lowest BCUT2D eigenvalue weighted by Crippen LogP contribution is -2.24. The number of hydrogen-bond acceptors (Lipinski definition) is 4. The average molecular weight is 237 g/mol. The van der Waals surface area contributed by atoms with Gasteiger partial charge in [0.2, 0.25) is 0 Å². The van der Waals surface area contributed by atoms with Gasteiger partial charge in [-0.15, -0.1) is 0 Å². The summed E-state index contributed by atoms with van der Waals surface area (Å²) in [4.78, 5) is 24.7. The molecule has 1 aliphatic heterocycles. The molecule has 1 saturated heterocycles. The number of rotatable bonds is 4. The highest BCUT2D eigenvalue weighted by Crippen LogP contribution is 2.09. The summed E-state index contributed by atoms with van der Waals surface area (Å²) in [6.45, 7) is 3.44. The van der Waals surface area contributed by atoms with E-state index in [1.54, 1.807) is 6.08 Å². The van der Waals surface area contributed by atoms with Crippen LogP contribution in [0.5, 0.6) is 0 Å². The number of esters is 1. The molecule has 0 N–H and O–H groups in total. The minimum absolute atomic E-state index is 0.0840. The average Bonchev–Trinajstić information content (AvgIpc) is 2.34. The third-order valence-electron chi connectivity index (χ3n) is 2.74. The number of nitrogens with zero attached hydrogens (tertiary/aromatic N) is 1. The van der Waals surface area contributed by atoms with Crippen molar-refractivity contribution in [3.05, 3.63) is 23.9 Å². The van der Waals surface area contributed by atoms with E-state index in [9.17, 15) is 9.59 Å². The molecule has 1 aliphatic rings. The molecule has 0 aromatic rings. The number of Topliss-reactive ketones (excluding diaryl/α,β-unsaturated/α-hetero) is 1. The molecule has 1 heterocycles. The Bertz CT molecular complexity index is 339. The van der Waals surface area contributed by atoms with Crippen molar-refractivity contribution >= 4 is 11.8 Å². The summed E-state index contributed by atoms with van der Waals surface area (Å²) < 4.78 is 4.54. The van der Waals surface area contributed by atoms with Gasteiger partial charge in [0.15, 0.2) is 5.78 Å². The van der Waals surface area contributed by atoms with Gasteiger partial charge in [-0.2, -0.15) is 0 Å². The Morgan fingerprint density at radius 3 is 2.35 bits per heavy atom. The van der Waals surface area contributed by atoms with Crippen molar-refractivity contribution in [2.24, 2.45) is 0 Å². The summed E-state index contributed by atoms with van der Waals surface area (Å²) in [5.74, 6) is -0.860. The van der Waals surface area contributed by atoms with Crippen molar-refractivity contribution in [1.29, 1.82) is 0 Å². The molecule has 4 nitrogen and oxygen atoms in total. The fourth-order valence-electron chi connectivity index (χ4n) is 1.77. The number of allylic oxidation sites excluding steroid dienone is 2. The summed E-state index contributed by atoms with van der Waals surface area (Å²) in [6.07, 6.45) is 8.85. The van der Waals surface area contributed by atoms with Crippen LogP contribution in [-0.2, 0) is 14.3 Å². The van der Waals surface area contributed by atoms with E-state index in [0.717, 1.165) is 13.1 Å². The fourth-order valence-corrected chi connectivity index (χ4v) is 1.77. The Kier molecular flexibility index (Phi) is 5.46. The van der Waals surface area contributed by atoms with Crippen LogP contribution in [0.15, 0.2) is 23.9 Å². The van der Waals surface area contributed by atoms with Crippen LogP contribution in [-0.4, -0.2) is 36.9 Å². The molecule has 17 heavy (non-hydrogen) atoms. The van der Waals surface area contributed by atoms with Gasteiger partial charge in [0.1, 0.15) is 5.57 Å². The fraction of sp³-hybridized carbons (Fsp3) is 0.538. The summed E-state index contributed by atoms with van der Waals surface area (Å²) in [5.41, 5.74) is 0.0840. The highest BCUT2D eigenvalue weighted by molar-refractivity contribution is 6.16. The first-order chi connectivity index (χ1) is 8.15. The Balaban J connectivity index is 2.61. The van der Waals surface area contributed by atoms with E-state index in [2.05, 4.69) is 9.64 Å². The zero-order chi connectivity index (χ0) is 12.7. The number of likely N-dealkylation sites (tertiary alicyclic amines) is 1. The van der Waals surface area contributed by atoms with E-state index >= 15 is 0 Å². The summed E-state index contributed by atoms with van der Waals surface area (Å²) >= 11 is 0. The molecular weight excluding hydrogens is 218 g/mol. The van der Waals surface area contributed by atoms with Crippen LogP contribution >= 0.6 is 0 Å². The van der Waals surface area contributed by atoms with Crippen LogP contribution in [0.25, 0.3) is 0 Å². The normalized spacial score (nSPS) is 17.3. The second-order valence-corrected chi connectivity index (χ2v) is 4.07. The van der Waals surface area contributed by atoms with Crippen molar-refractivity contribution in [2.45, 2.75) is 26.2 Å². The molecule has 0 aromatic heterocycles. The molecule has 0 saturated carbocycles. The standard InChI is InChI=1S/C13H19NO3/c1-11(15)12(13(16)17-2)7-6-10-14-8-4-3-5-9-14/h6-7,10H,3-5,8-9H2,1-2H3/b10-6+,12-7+. The number of methoxy groups -OCH3 is 1. The number of hydrogen-bond donors (Lipinski definition) is 0. The van der Waals surface area contributed by atoms with Gasteiger partial charge in [-0.3, -0.25) is 4.79 Å². The topological polar surface area (TPSA) is 46.6 Å². The second-order valence-electron chi connectivity index (χ2n) is 4.07.